The second kappa shape index (κ2) is 11.2. The molecule has 0 saturated carbocycles. The molecule has 0 unspecified atom stereocenters. The summed E-state index contributed by atoms with van der Waals surface area (Å²) in [5.41, 5.74) is 5.36. The highest BCUT2D eigenvalue weighted by Crippen LogP contribution is 2.28. The first kappa shape index (κ1) is 26.9. The van der Waals surface area contributed by atoms with Crippen LogP contribution in [-0.4, -0.2) is 30.9 Å². The standard InChI is InChI=1S/C29H27BClN5O2S/c1-19(2)22-10-12-23(13-11-22)39(37,38)34-17-21-7-5-6-20(14-21)16-32-28-15-27(24-8-3-4-9-26(24)31)35-29-25(30)18-33-36(28)29/h3-15,18-19,32,34H,16-17H2,1-2H3. The van der Waals surface area contributed by atoms with E-state index in [9.17, 15) is 8.42 Å². The van der Waals surface area contributed by atoms with E-state index in [1.54, 1.807) is 22.8 Å². The lowest BCUT2D eigenvalue weighted by Crippen LogP contribution is -2.23. The molecule has 2 N–H and O–H groups in total. The molecule has 0 atom stereocenters. The number of halogens is 1. The van der Waals surface area contributed by atoms with Gasteiger partial charge < -0.3 is 5.32 Å². The van der Waals surface area contributed by atoms with Gasteiger partial charge in [-0.15, -0.1) is 0 Å². The number of benzene rings is 3. The number of rotatable bonds is 9. The molecule has 196 valence electrons. The number of nitrogens with one attached hydrogen (secondary N) is 2. The van der Waals surface area contributed by atoms with Crippen molar-refractivity contribution in [1.82, 2.24) is 19.3 Å². The van der Waals surface area contributed by atoms with Gasteiger partial charge in [-0.2, -0.15) is 9.61 Å². The highest BCUT2D eigenvalue weighted by atomic mass is 35.5. The van der Waals surface area contributed by atoms with Crippen LogP contribution in [0.15, 0.2) is 90.0 Å². The molecule has 0 aliphatic heterocycles. The number of anilines is 1. The molecule has 3 aromatic carbocycles. The third-order valence-corrected chi connectivity index (χ3v) is 8.18. The molecular formula is C29H27BClN5O2S. The van der Waals surface area contributed by atoms with E-state index in [-0.39, 0.29) is 11.4 Å². The number of hydrogen-bond donors (Lipinski definition) is 2. The summed E-state index contributed by atoms with van der Waals surface area (Å²) in [6.07, 6.45) is 1.56. The molecule has 0 spiro atoms. The van der Waals surface area contributed by atoms with E-state index >= 15 is 0 Å². The topological polar surface area (TPSA) is 88.4 Å². The molecule has 5 aromatic rings. The summed E-state index contributed by atoms with van der Waals surface area (Å²) >= 11 is 6.42. The van der Waals surface area contributed by atoms with Crippen LogP contribution < -0.4 is 15.5 Å². The largest absolute Gasteiger partial charge is 0.366 e. The number of fused-ring (bicyclic) bond motifs is 1. The SMILES string of the molecule is [B]c1cnn2c(NCc3cccc(CNS(=O)(=O)c4ccc(C(C)C)cc4)c3)cc(-c3ccccc3Cl)nc12. The lowest BCUT2D eigenvalue weighted by molar-refractivity contribution is 0.581. The van der Waals surface area contributed by atoms with Crippen molar-refractivity contribution in [3.63, 3.8) is 0 Å². The van der Waals surface area contributed by atoms with Crippen molar-refractivity contribution in [2.24, 2.45) is 0 Å². The number of hydrogen-bond acceptors (Lipinski definition) is 5. The first-order valence-corrected chi connectivity index (χ1v) is 14.4. The van der Waals surface area contributed by atoms with Gasteiger partial charge >= 0.3 is 0 Å². The van der Waals surface area contributed by atoms with Gasteiger partial charge in [0.25, 0.3) is 0 Å². The predicted molar refractivity (Wildman–Crippen MR) is 157 cm³/mol. The number of sulfonamides is 1. The third kappa shape index (κ3) is 6.01. The molecular weight excluding hydrogens is 529 g/mol. The Labute approximate surface area is 234 Å². The van der Waals surface area contributed by atoms with E-state index < -0.39 is 10.0 Å². The molecule has 5 rings (SSSR count). The molecule has 0 amide bonds. The summed E-state index contributed by atoms with van der Waals surface area (Å²) in [4.78, 5) is 4.92. The molecule has 0 aliphatic rings. The van der Waals surface area contributed by atoms with Gasteiger partial charge in [0.15, 0.2) is 5.65 Å². The van der Waals surface area contributed by atoms with Gasteiger partial charge in [-0.1, -0.05) is 80.0 Å². The molecule has 0 saturated heterocycles. The van der Waals surface area contributed by atoms with E-state index in [4.69, 9.17) is 19.4 Å². The van der Waals surface area contributed by atoms with Crippen LogP contribution >= 0.6 is 11.6 Å². The average Bonchev–Trinajstić information content (AvgIpc) is 3.31. The maximum Gasteiger partial charge on any atom is 0.240 e. The van der Waals surface area contributed by atoms with Crippen LogP contribution in [0.1, 0.15) is 36.5 Å². The van der Waals surface area contributed by atoms with Crippen molar-refractivity contribution in [2.75, 3.05) is 5.32 Å². The van der Waals surface area contributed by atoms with Crippen molar-refractivity contribution in [3.05, 3.63) is 107 Å². The van der Waals surface area contributed by atoms with E-state index in [0.29, 0.717) is 40.1 Å². The van der Waals surface area contributed by atoms with Crippen LogP contribution in [0.3, 0.4) is 0 Å². The van der Waals surface area contributed by atoms with E-state index in [1.165, 1.54) is 0 Å². The van der Waals surface area contributed by atoms with Crippen LogP contribution in [0, 0.1) is 0 Å². The van der Waals surface area contributed by atoms with Gasteiger partial charge in [0, 0.05) is 35.9 Å². The summed E-state index contributed by atoms with van der Waals surface area (Å²) in [7, 11) is 2.49. The highest BCUT2D eigenvalue weighted by molar-refractivity contribution is 7.89. The fourth-order valence-corrected chi connectivity index (χ4v) is 5.50. The van der Waals surface area contributed by atoms with Crippen molar-refractivity contribution >= 4 is 46.4 Å². The lowest BCUT2D eigenvalue weighted by atomic mass is 10.0. The van der Waals surface area contributed by atoms with Crippen molar-refractivity contribution in [1.29, 1.82) is 0 Å². The minimum atomic E-state index is -3.63. The van der Waals surface area contributed by atoms with Gasteiger partial charge in [-0.25, -0.2) is 18.1 Å². The van der Waals surface area contributed by atoms with Crippen LogP contribution in [0.5, 0.6) is 0 Å². The maximum atomic E-state index is 12.8. The second-order valence-electron chi connectivity index (χ2n) is 9.56. The summed E-state index contributed by atoms with van der Waals surface area (Å²) in [6.45, 7) is 4.79. The summed E-state index contributed by atoms with van der Waals surface area (Å²) in [5.74, 6) is 1.03. The Morgan fingerprint density at radius 1 is 0.949 bits per heavy atom. The Balaban J connectivity index is 1.32. The zero-order valence-corrected chi connectivity index (χ0v) is 23.2. The van der Waals surface area contributed by atoms with Crippen LogP contribution in [-0.2, 0) is 23.1 Å². The van der Waals surface area contributed by atoms with E-state index in [0.717, 1.165) is 22.3 Å². The fraction of sp³-hybridized carbons (Fsp3) is 0.172. The van der Waals surface area contributed by atoms with Gasteiger partial charge in [0.2, 0.25) is 10.0 Å². The highest BCUT2D eigenvalue weighted by Gasteiger charge is 2.15. The quantitative estimate of drug-likeness (QED) is 0.248. The molecule has 2 heterocycles. The number of nitrogens with zero attached hydrogens (tertiary/aromatic N) is 3. The molecule has 39 heavy (non-hydrogen) atoms. The van der Waals surface area contributed by atoms with Crippen molar-refractivity contribution in [2.45, 2.75) is 37.8 Å². The Morgan fingerprint density at radius 3 is 2.38 bits per heavy atom. The Hall–Kier alpha value is -3.66. The fourth-order valence-electron chi connectivity index (χ4n) is 4.25. The maximum absolute atomic E-state index is 12.8. The zero-order chi connectivity index (χ0) is 27.6. The van der Waals surface area contributed by atoms with Gasteiger partial charge in [0.1, 0.15) is 13.7 Å². The second-order valence-corrected chi connectivity index (χ2v) is 11.7. The summed E-state index contributed by atoms with van der Waals surface area (Å²) in [5, 5.41) is 8.36. The minimum absolute atomic E-state index is 0.175. The molecule has 7 nitrogen and oxygen atoms in total. The lowest BCUT2D eigenvalue weighted by Gasteiger charge is -2.13. The number of aromatic nitrogens is 3. The smallest absolute Gasteiger partial charge is 0.240 e. The van der Waals surface area contributed by atoms with Crippen LogP contribution in [0.4, 0.5) is 5.82 Å². The van der Waals surface area contributed by atoms with Crippen LogP contribution in [0.25, 0.3) is 16.9 Å². The predicted octanol–water partition coefficient (Wildman–Crippen LogP) is 5.06. The Morgan fingerprint density at radius 2 is 1.67 bits per heavy atom. The first-order chi connectivity index (χ1) is 18.7. The van der Waals surface area contributed by atoms with E-state index in [1.807, 2.05) is 66.7 Å². The Kier molecular flexibility index (Phi) is 7.75. The van der Waals surface area contributed by atoms with Gasteiger partial charge in [-0.3, -0.25) is 0 Å². The molecule has 0 aliphatic carbocycles. The Bertz CT molecular complexity index is 1740. The van der Waals surface area contributed by atoms with Gasteiger partial charge in [-0.05, 0) is 46.3 Å². The summed E-state index contributed by atoms with van der Waals surface area (Å²) < 4.78 is 30.0. The normalized spacial score (nSPS) is 11.8. The molecule has 10 heteroatoms. The zero-order valence-electron chi connectivity index (χ0n) is 21.6. The molecule has 2 radical (unpaired) electrons. The van der Waals surface area contributed by atoms with E-state index in [2.05, 4.69) is 34.0 Å². The molecule has 2 aromatic heterocycles. The minimum Gasteiger partial charge on any atom is -0.366 e. The van der Waals surface area contributed by atoms with Crippen LogP contribution in [0.2, 0.25) is 5.02 Å². The molecule has 0 fully saturated rings. The monoisotopic (exact) mass is 555 g/mol. The third-order valence-electron chi connectivity index (χ3n) is 6.44. The average molecular weight is 556 g/mol. The first-order valence-electron chi connectivity index (χ1n) is 12.5. The van der Waals surface area contributed by atoms with Crippen molar-refractivity contribution in [3.8, 4) is 11.3 Å². The van der Waals surface area contributed by atoms with Crippen molar-refractivity contribution < 1.29 is 8.42 Å². The summed E-state index contributed by atoms with van der Waals surface area (Å²) in [6, 6.07) is 24.1. The molecule has 0 bridgehead atoms. The van der Waals surface area contributed by atoms with Gasteiger partial charge in [0.05, 0.1) is 10.6 Å².